The number of nitro groups is 1. The van der Waals surface area contributed by atoms with Crippen LogP contribution < -0.4 is 0 Å². The molecule has 3 aromatic rings. The molecule has 1 fully saturated rings. The SMILES string of the molecule is Cc1ccc([N+](=O)[O-])cc1S(=O)(=O)N(CCN1CCCC1)/N=C\c1cnn2ccc(C#N)cc12. The number of hydrogen-bond donors (Lipinski definition) is 0. The van der Waals surface area contributed by atoms with E-state index in [0.717, 1.165) is 36.4 Å². The Hall–Kier alpha value is -3.82. The van der Waals surface area contributed by atoms with Gasteiger partial charge >= 0.3 is 0 Å². The molecule has 0 aliphatic carbocycles. The van der Waals surface area contributed by atoms with Crippen molar-refractivity contribution in [1.29, 1.82) is 5.26 Å². The lowest BCUT2D eigenvalue weighted by Gasteiger charge is -2.23. The Balaban J connectivity index is 1.71. The number of hydrogen-bond acceptors (Lipinski definition) is 8. The second kappa shape index (κ2) is 9.58. The second-order valence-electron chi connectivity index (χ2n) is 8.01. The molecular weight excluding hydrogens is 458 g/mol. The molecule has 4 rings (SSSR count). The first-order valence-electron chi connectivity index (χ1n) is 10.7. The van der Waals surface area contributed by atoms with Gasteiger partial charge in [-0.2, -0.15) is 28.3 Å². The maximum atomic E-state index is 13.6. The van der Waals surface area contributed by atoms with Gasteiger partial charge in [0.25, 0.3) is 15.7 Å². The molecule has 1 aliphatic heterocycles. The van der Waals surface area contributed by atoms with E-state index >= 15 is 0 Å². The van der Waals surface area contributed by atoms with Gasteiger partial charge in [-0.1, -0.05) is 6.07 Å². The molecule has 2 aromatic heterocycles. The third-order valence-electron chi connectivity index (χ3n) is 5.75. The zero-order valence-corrected chi connectivity index (χ0v) is 19.3. The van der Waals surface area contributed by atoms with Gasteiger partial charge in [-0.3, -0.25) is 10.1 Å². The van der Waals surface area contributed by atoms with Crippen molar-refractivity contribution in [1.82, 2.24) is 18.9 Å². The maximum absolute atomic E-state index is 13.6. The fourth-order valence-corrected chi connectivity index (χ4v) is 5.33. The van der Waals surface area contributed by atoms with Crippen molar-refractivity contribution >= 4 is 27.4 Å². The summed E-state index contributed by atoms with van der Waals surface area (Å²) in [7, 11) is -4.17. The van der Waals surface area contributed by atoms with Crippen LogP contribution >= 0.6 is 0 Å². The summed E-state index contributed by atoms with van der Waals surface area (Å²) in [6.45, 7) is 3.94. The predicted octanol–water partition coefficient (Wildman–Crippen LogP) is 2.54. The predicted molar refractivity (Wildman–Crippen MR) is 125 cm³/mol. The first-order valence-corrected chi connectivity index (χ1v) is 12.2. The van der Waals surface area contributed by atoms with Gasteiger partial charge in [-0.05, 0) is 50.6 Å². The zero-order valence-electron chi connectivity index (χ0n) is 18.5. The number of nitriles is 1. The first kappa shape index (κ1) is 23.3. The van der Waals surface area contributed by atoms with E-state index in [1.807, 2.05) is 0 Å². The van der Waals surface area contributed by atoms with Gasteiger partial charge in [0.2, 0.25) is 0 Å². The van der Waals surface area contributed by atoms with Gasteiger partial charge in [0.15, 0.2) is 0 Å². The van der Waals surface area contributed by atoms with Crippen LogP contribution in [-0.4, -0.2) is 64.7 Å². The van der Waals surface area contributed by atoms with Gasteiger partial charge in [0.1, 0.15) is 0 Å². The molecule has 11 nitrogen and oxygen atoms in total. The van der Waals surface area contributed by atoms with E-state index in [0.29, 0.717) is 28.8 Å². The van der Waals surface area contributed by atoms with Crippen LogP contribution in [0.25, 0.3) is 5.52 Å². The van der Waals surface area contributed by atoms with Crippen molar-refractivity contribution < 1.29 is 13.3 Å². The van der Waals surface area contributed by atoms with Crippen LogP contribution in [0.4, 0.5) is 5.69 Å². The molecule has 0 amide bonds. The number of pyridine rings is 1. The van der Waals surface area contributed by atoms with E-state index in [2.05, 4.69) is 21.2 Å². The summed E-state index contributed by atoms with van der Waals surface area (Å²) in [5.41, 5.74) is 1.66. The molecule has 0 radical (unpaired) electrons. The van der Waals surface area contributed by atoms with Crippen LogP contribution in [0.1, 0.15) is 29.5 Å². The highest BCUT2D eigenvalue weighted by Gasteiger charge is 2.28. The number of nitro benzene ring substituents is 1. The maximum Gasteiger partial charge on any atom is 0.279 e. The van der Waals surface area contributed by atoms with Crippen LogP contribution in [0.2, 0.25) is 0 Å². The largest absolute Gasteiger partial charge is 0.301 e. The summed E-state index contributed by atoms with van der Waals surface area (Å²) < 4.78 is 29.7. The number of aryl methyl sites for hydroxylation is 1. The minimum atomic E-state index is -4.17. The Labute approximate surface area is 196 Å². The van der Waals surface area contributed by atoms with Crippen molar-refractivity contribution in [2.24, 2.45) is 5.10 Å². The molecule has 1 saturated heterocycles. The Morgan fingerprint density at radius 1 is 1.29 bits per heavy atom. The standard InChI is InChI=1S/C22H23N7O4S/c1-17-4-5-20(29(30)31)13-22(17)34(32,33)28(11-10-26-7-2-3-8-26)25-16-19-15-24-27-9-6-18(14-23)12-21(19)27/h4-6,9,12-13,15-16H,2-3,7-8,10-11H2,1H3/b25-16-. The average molecular weight is 482 g/mol. The molecule has 3 heterocycles. The van der Waals surface area contributed by atoms with Gasteiger partial charge in [-0.15, -0.1) is 0 Å². The van der Waals surface area contributed by atoms with Crippen molar-refractivity contribution in [3.63, 3.8) is 0 Å². The summed E-state index contributed by atoms with van der Waals surface area (Å²) in [4.78, 5) is 12.6. The second-order valence-corrected chi connectivity index (χ2v) is 9.82. The quantitative estimate of drug-likeness (QED) is 0.274. The highest BCUT2D eigenvalue weighted by molar-refractivity contribution is 7.89. The Kier molecular flexibility index (Phi) is 6.58. The van der Waals surface area contributed by atoms with Gasteiger partial charge < -0.3 is 4.90 Å². The zero-order chi connectivity index (χ0) is 24.3. The lowest BCUT2D eigenvalue weighted by Crippen LogP contribution is -2.35. The van der Waals surface area contributed by atoms with Crippen LogP contribution in [-0.2, 0) is 10.0 Å². The van der Waals surface area contributed by atoms with E-state index in [4.69, 9.17) is 0 Å². The molecule has 0 unspecified atom stereocenters. The molecule has 0 atom stereocenters. The number of non-ortho nitro benzene ring substituents is 1. The van der Waals surface area contributed by atoms with Gasteiger partial charge in [-0.25, -0.2) is 4.52 Å². The molecule has 0 saturated carbocycles. The summed E-state index contributed by atoms with van der Waals surface area (Å²) in [6, 6.07) is 9.09. The van der Waals surface area contributed by atoms with E-state index < -0.39 is 14.9 Å². The monoisotopic (exact) mass is 481 g/mol. The number of nitrogens with zero attached hydrogens (tertiary/aromatic N) is 7. The van der Waals surface area contributed by atoms with E-state index in [-0.39, 0.29) is 17.1 Å². The summed E-state index contributed by atoms with van der Waals surface area (Å²) in [6.07, 6.45) is 6.68. The molecule has 1 aliphatic rings. The topological polar surface area (TPSA) is 137 Å². The fraction of sp³-hybridized carbons (Fsp3) is 0.318. The highest BCUT2D eigenvalue weighted by Crippen LogP contribution is 2.25. The molecule has 34 heavy (non-hydrogen) atoms. The molecule has 0 N–H and O–H groups in total. The van der Waals surface area contributed by atoms with E-state index in [1.165, 1.54) is 24.5 Å². The van der Waals surface area contributed by atoms with Crippen LogP contribution in [0.5, 0.6) is 0 Å². The van der Waals surface area contributed by atoms with Gasteiger partial charge in [0, 0.05) is 30.4 Å². The number of rotatable bonds is 8. The fourth-order valence-electron chi connectivity index (χ4n) is 3.86. The summed E-state index contributed by atoms with van der Waals surface area (Å²) >= 11 is 0. The van der Waals surface area contributed by atoms with Crippen molar-refractivity contribution in [2.75, 3.05) is 26.2 Å². The Morgan fingerprint density at radius 2 is 2.06 bits per heavy atom. The molecule has 176 valence electrons. The van der Waals surface area contributed by atoms with Crippen molar-refractivity contribution in [3.8, 4) is 6.07 Å². The van der Waals surface area contributed by atoms with E-state index in [1.54, 1.807) is 29.8 Å². The molecule has 0 bridgehead atoms. The summed E-state index contributed by atoms with van der Waals surface area (Å²) in [5, 5.41) is 28.9. The van der Waals surface area contributed by atoms with Crippen LogP contribution in [0, 0.1) is 28.4 Å². The molecule has 1 aromatic carbocycles. The molecular formula is C22H23N7O4S. The first-order chi connectivity index (χ1) is 16.3. The number of sulfonamides is 1. The smallest absolute Gasteiger partial charge is 0.279 e. The number of aromatic nitrogens is 2. The Bertz CT molecular complexity index is 1400. The average Bonchev–Trinajstić information content (AvgIpc) is 3.48. The van der Waals surface area contributed by atoms with Crippen molar-refractivity contribution in [2.45, 2.75) is 24.7 Å². The minimum absolute atomic E-state index is 0.0869. The van der Waals surface area contributed by atoms with Crippen LogP contribution in [0.15, 0.2) is 52.7 Å². The number of benzene rings is 1. The molecule has 0 spiro atoms. The van der Waals surface area contributed by atoms with Crippen LogP contribution in [0.3, 0.4) is 0 Å². The third kappa shape index (κ3) is 4.75. The lowest BCUT2D eigenvalue weighted by atomic mass is 10.2. The lowest BCUT2D eigenvalue weighted by molar-refractivity contribution is -0.385. The Morgan fingerprint density at radius 3 is 2.76 bits per heavy atom. The molecule has 12 heteroatoms. The summed E-state index contributed by atoms with van der Waals surface area (Å²) in [5.74, 6) is 0. The number of likely N-dealkylation sites (tertiary alicyclic amines) is 1. The van der Waals surface area contributed by atoms with E-state index in [9.17, 15) is 23.8 Å². The highest BCUT2D eigenvalue weighted by atomic mass is 32.2. The number of hydrazone groups is 1. The number of fused-ring (bicyclic) bond motifs is 1. The normalized spacial score (nSPS) is 14.6. The van der Waals surface area contributed by atoms with Crippen molar-refractivity contribution in [3.05, 3.63) is 69.5 Å². The minimum Gasteiger partial charge on any atom is -0.301 e. The van der Waals surface area contributed by atoms with Gasteiger partial charge in [0.05, 0.1) is 45.9 Å². The third-order valence-corrected chi connectivity index (χ3v) is 7.58.